The Bertz CT molecular complexity index is 239. The van der Waals surface area contributed by atoms with Gasteiger partial charge in [-0.1, -0.05) is 37.7 Å². The van der Waals surface area contributed by atoms with E-state index in [-0.39, 0.29) is 6.04 Å². The molecule has 0 rings (SSSR count). The molecule has 0 saturated heterocycles. The number of amides is 1. The molecule has 0 bridgehead atoms. The molecule has 1 atom stereocenters. The van der Waals surface area contributed by atoms with Gasteiger partial charge in [0.05, 0.1) is 13.2 Å². The lowest BCUT2D eigenvalue weighted by molar-refractivity contribution is 0.170. The van der Waals surface area contributed by atoms with Crippen molar-refractivity contribution in [1.82, 2.24) is 5.32 Å². The molecule has 0 spiro atoms. The van der Waals surface area contributed by atoms with Crippen molar-refractivity contribution in [2.45, 2.75) is 45.1 Å². The molecule has 6 heteroatoms. The van der Waals surface area contributed by atoms with Crippen molar-refractivity contribution in [3.05, 3.63) is 10.4 Å². The van der Waals surface area contributed by atoms with Gasteiger partial charge in [0.25, 0.3) is 0 Å². The standard InChI is InChI=1S/C10H20N4O2/c1-3-4-5-6-7-9(13-14-11)8-12-10(15)16-2/h9H,3-8H2,1-2H3,(H,12,15). The second kappa shape index (κ2) is 10.1. The minimum Gasteiger partial charge on any atom is -0.453 e. The van der Waals surface area contributed by atoms with Gasteiger partial charge in [-0.3, -0.25) is 0 Å². The fourth-order valence-electron chi connectivity index (χ4n) is 1.35. The zero-order chi connectivity index (χ0) is 12.2. The first kappa shape index (κ1) is 14.6. The fourth-order valence-corrected chi connectivity index (χ4v) is 1.35. The molecule has 0 saturated carbocycles. The summed E-state index contributed by atoms with van der Waals surface area (Å²) < 4.78 is 4.44. The third kappa shape index (κ3) is 7.94. The van der Waals surface area contributed by atoms with Crippen molar-refractivity contribution in [3.63, 3.8) is 0 Å². The lowest BCUT2D eigenvalue weighted by Crippen LogP contribution is -2.30. The highest BCUT2D eigenvalue weighted by Gasteiger charge is 2.08. The fraction of sp³-hybridized carbons (Fsp3) is 0.900. The number of rotatable bonds is 8. The molecule has 1 N–H and O–H groups in total. The van der Waals surface area contributed by atoms with E-state index in [4.69, 9.17) is 5.53 Å². The number of hydrogen-bond donors (Lipinski definition) is 1. The Morgan fingerprint density at radius 1 is 1.50 bits per heavy atom. The van der Waals surface area contributed by atoms with E-state index in [1.54, 1.807) is 0 Å². The van der Waals surface area contributed by atoms with Crippen LogP contribution in [0.15, 0.2) is 5.11 Å². The van der Waals surface area contributed by atoms with Crippen LogP contribution in [0.4, 0.5) is 4.79 Å². The molecule has 1 unspecified atom stereocenters. The van der Waals surface area contributed by atoms with E-state index in [0.717, 1.165) is 19.3 Å². The maximum Gasteiger partial charge on any atom is 0.406 e. The summed E-state index contributed by atoms with van der Waals surface area (Å²) in [6.45, 7) is 2.48. The van der Waals surface area contributed by atoms with Crippen LogP contribution in [-0.2, 0) is 4.74 Å². The molecule has 0 radical (unpaired) electrons. The number of hydrogen-bond acceptors (Lipinski definition) is 3. The molecule has 1 amide bonds. The van der Waals surface area contributed by atoms with E-state index in [9.17, 15) is 4.79 Å². The molecular formula is C10H20N4O2. The molecule has 0 aromatic rings. The average molecular weight is 228 g/mol. The summed E-state index contributed by atoms with van der Waals surface area (Å²) in [4.78, 5) is 13.6. The van der Waals surface area contributed by atoms with Crippen molar-refractivity contribution < 1.29 is 9.53 Å². The SMILES string of the molecule is CCCCCCC(CNC(=O)OC)N=[N+]=[N-]. The molecule has 0 fully saturated rings. The topological polar surface area (TPSA) is 87.1 Å². The number of unbranched alkanes of at least 4 members (excludes halogenated alkanes) is 3. The van der Waals surface area contributed by atoms with Crippen molar-refractivity contribution in [1.29, 1.82) is 0 Å². The Balaban J connectivity index is 3.79. The molecule has 16 heavy (non-hydrogen) atoms. The molecule has 92 valence electrons. The van der Waals surface area contributed by atoms with Crippen LogP contribution in [0.3, 0.4) is 0 Å². The van der Waals surface area contributed by atoms with Crippen LogP contribution < -0.4 is 5.32 Å². The molecule has 0 aromatic heterocycles. The monoisotopic (exact) mass is 228 g/mol. The first-order valence-corrected chi connectivity index (χ1v) is 5.60. The van der Waals surface area contributed by atoms with Gasteiger partial charge in [0.2, 0.25) is 0 Å². The average Bonchev–Trinajstić information content (AvgIpc) is 2.30. The number of carbonyl (C=O) groups excluding carboxylic acids is 1. The Hall–Kier alpha value is -1.42. The number of nitrogens with one attached hydrogen (secondary N) is 1. The van der Waals surface area contributed by atoms with Gasteiger partial charge in [0.15, 0.2) is 0 Å². The first-order valence-electron chi connectivity index (χ1n) is 5.60. The van der Waals surface area contributed by atoms with E-state index in [0.29, 0.717) is 6.54 Å². The van der Waals surface area contributed by atoms with Crippen molar-refractivity contribution >= 4 is 6.09 Å². The first-order chi connectivity index (χ1) is 7.74. The molecule has 0 aliphatic carbocycles. The van der Waals surface area contributed by atoms with Crippen molar-refractivity contribution in [2.75, 3.05) is 13.7 Å². The van der Waals surface area contributed by atoms with E-state index in [1.807, 2.05) is 0 Å². The zero-order valence-corrected chi connectivity index (χ0v) is 9.98. The number of ether oxygens (including phenoxy) is 1. The van der Waals surface area contributed by atoms with Gasteiger partial charge < -0.3 is 10.1 Å². The molecular weight excluding hydrogens is 208 g/mol. The molecule has 0 aromatic carbocycles. The predicted molar refractivity (Wildman–Crippen MR) is 62.1 cm³/mol. The van der Waals surface area contributed by atoms with Crippen LogP contribution >= 0.6 is 0 Å². The van der Waals surface area contributed by atoms with E-state index in [1.165, 1.54) is 20.0 Å². The van der Waals surface area contributed by atoms with Crippen LogP contribution in [0.25, 0.3) is 10.4 Å². The molecule has 6 nitrogen and oxygen atoms in total. The quantitative estimate of drug-likeness (QED) is 0.299. The number of nitrogens with zero attached hydrogens (tertiary/aromatic N) is 3. The van der Waals surface area contributed by atoms with E-state index < -0.39 is 6.09 Å². The van der Waals surface area contributed by atoms with Gasteiger partial charge in [0, 0.05) is 11.5 Å². The Morgan fingerprint density at radius 2 is 2.25 bits per heavy atom. The lowest BCUT2D eigenvalue weighted by Gasteiger charge is -2.11. The number of methoxy groups -OCH3 is 1. The molecule has 0 aliphatic rings. The third-order valence-corrected chi connectivity index (χ3v) is 2.27. The largest absolute Gasteiger partial charge is 0.453 e. The number of azide groups is 1. The molecule has 0 heterocycles. The highest BCUT2D eigenvalue weighted by Crippen LogP contribution is 2.08. The summed E-state index contributed by atoms with van der Waals surface area (Å²) in [5, 5.41) is 6.17. The highest BCUT2D eigenvalue weighted by atomic mass is 16.5. The third-order valence-electron chi connectivity index (χ3n) is 2.27. The predicted octanol–water partition coefficient (Wildman–Crippen LogP) is 2.99. The van der Waals surface area contributed by atoms with Crippen LogP contribution in [0.5, 0.6) is 0 Å². The summed E-state index contributed by atoms with van der Waals surface area (Å²) in [7, 11) is 1.30. The Kier molecular flexibility index (Phi) is 9.21. The molecule has 0 aliphatic heterocycles. The van der Waals surface area contributed by atoms with Crippen LogP contribution in [-0.4, -0.2) is 25.8 Å². The number of alkyl carbamates (subject to hydrolysis) is 1. The highest BCUT2D eigenvalue weighted by molar-refractivity contribution is 5.66. The Morgan fingerprint density at radius 3 is 2.81 bits per heavy atom. The van der Waals surface area contributed by atoms with Gasteiger partial charge in [-0.25, -0.2) is 4.79 Å². The maximum atomic E-state index is 10.8. The number of carbonyl (C=O) groups is 1. The summed E-state index contributed by atoms with van der Waals surface area (Å²) >= 11 is 0. The minimum atomic E-state index is -0.494. The smallest absolute Gasteiger partial charge is 0.406 e. The van der Waals surface area contributed by atoms with Gasteiger partial charge >= 0.3 is 6.09 Å². The zero-order valence-electron chi connectivity index (χ0n) is 9.98. The summed E-state index contributed by atoms with van der Waals surface area (Å²) in [6, 6.07) is -0.180. The van der Waals surface area contributed by atoms with E-state index >= 15 is 0 Å². The second-order valence-corrected chi connectivity index (χ2v) is 3.58. The van der Waals surface area contributed by atoms with Crippen molar-refractivity contribution in [2.24, 2.45) is 5.11 Å². The van der Waals surface area contributed by atoms with Gasteiger partial charge in [0.1, 0.15) is 0 Å². The summed E-state index contributed by atoms with van der Waals surface area (Å²) in [5.41, 5.74) is 8.38. The van der Waals surface area contributed by atoms with Gasteiger partial charge in [-0.05, 0) is 12.0 Å². The maximum absolute atomic E-state index is 10.8. The van der Waals surface area contributed by atoms with Gasteiger partial charge in [-0.15, -0.1) is 0 Å². The Labute approximate surface area is 96.0 Å². The second-order valence-electron chi connectivity index (χ2n) is 3.58. The summed E-state index contributed by atoms with van der Waals surface area (Å²) in [5.74, 6) is 0. The summed E-state index contributed by atoms with van der Waals surface area (Å²) in [6.07, 6.45) is 4.81. The van der Waals surface area contributed by atoms with Crippen LogP contribution in [0.1, 0.15) is 39.0 Å². The van der Waals surface area contributed by atoms with Crippen LogP contribution in [0.2, 0.25) is 0 Å². The minimum absolute atomic E-state index is 0.180. The van der Waals surface area contributed by atoms with Crippen molar-refractivity contribution in [3.8, 4) is 0 Å². The van der Waals surface area contributed by atoms with Gasteiger partial charge in [-0.2, -0.15) is 0 Å². The lowest BCUT2D eigenvalue weighted by atomic mass is 10.1. The van der Waals surface area contributed by atoms with Crippen LogP contribution in [0, 0.1) is 0 Å². The van der Waals surface area contributed by atoms with E-state index in [2.05, 4.69) is 27.0 Å². The normalized spacial score (nSPS) is 11.4.